The average Bonchev–Trinajstić information content (AvgIpc) is 3.15. The average molecular weight is 381 g/mol. The molecule has 0 radical (unpaired) electrons. The molecule has 3 N–H and O–H groups in total. The van der Waals surface area contributed by atoms with E-state index in [2.05, 4.69) is 9.17 Å². The Morgan fingerprint density at radius 1 is 1.33 bits per heavy atom. The van der Waals surface area contributed by atoms with E-state index in [1.54, 1.807) is 23.6 Å². The molecule has 7 nitrogen and oxygen atoms in total. The summed E-state index contributed by atoms with van der Waals surface area (Å²) in [6.07, 6.45) is 0. The van der Waals surface area contributed by atoms with Gasteiger partial charge in [-0.25, -0.2) is 9.78 Å². The van der Waals surface area contributed by atoms with E-state index in [-0.39, 0.29) is 11.4 Å². The number of amidine groups is 1. The van der Waals surface area contributed by atoms with E-state index < -0.39 is 21.8 Å². The van der Waals surface area contributed by atoms with E-state index >= 15 is 0 Å². The Morgan fingerprint density at radius 3 is 2.79 bits per heavy atom. The van der Waals surface area contributed by atoms with E-state index in [1.807, 2.05) is 0 Å². The monoisotopic (exact) mass is 381 g/mol. The van der Waals surface area contributed by atoms with Crippen LogP contribution in [-0.2, 0) is 20.1 Å². The second-order valence-corrected chi connectivity index (χ2v) is 8.20. The normalized spacial score (nSPS) is 11.5. The van der Waals surface area contributed by atoms with Gasteiger partial charge in [0.05, 0.1) is 15.8 Å². The Labute approximate surface area is 145 Å². The van der Waals surface area contributed by atoms with Gasteiger partial charge >= 0.3 is 16.1 Å². The summed E-state index contributed by atoms with van der Waals surface area (Å²) in [5.41, 5.74) is 6.68. The van der Waals surface area contributed by atoms with Crippen LogP contribution in [0.15, 0.2) is 35.0 Å². The van der Waals surface area contributed by atoms with E-state index in [4.69, 9.17) is 11.1 Å². The van der Waals surface area contributed by atoms with Gasteiger partial charge in [0.15, 0.2) is 10.8 Å². The fourth-order valence-electron chi connectivity index (χ4n) is 1.95. The Bertz CT molecular complexity index is 1020. The topological polar surface area (TPSA) is 123 Å². The molecule has 0 spiro atoms. The molecule has 3 aromatic rings. The first-order valence-corrected chi connectivity index (χ1v) is 9.90. The highest BCUT2D eigenvalue weighted by atomic mass is 32.2. The van der Waals surface area contributed by atoms with Crippen LogP contribution in [0.3, 0.4) is 0 Å². The van der Waals surface area contributed by atoms with Crippen molar-refractivity contribution in [1.29, 1.82) is 5.41 Å². The molecule has 1 aromatic carbocycles. The summed E-state index contributed by atoms with van der Waals surface area (Å²) in [4.78, 5) is 15.9. The summed E-state index contributed by atoms with van der Waals surface area (Å²) in [5, 5.41) is 10.9. The molecule has 0 amide bonds. The van der Waals surface area contributed by atoms with Crippen LogP contribution in [0, 0.1) is 5.41 Å². The van der Waals surface area contributed by atoms with Gasteiger partial charge in [-0.15, -0.1) is 11.3 Å². The molecular weight excluding hydrogens is 370 g/mol. The predicted molar refractivity (Wildman–Crippen MR) is 93.0 cm³/mol. The smallest absolute Gasteiger partial charge is 0.354 e. The van der Waals surface area contributed by atoms with Crippen LogP contribution in [0.5, 0.6) is 0 Å². The summed E-state index contributed by atoms with van der Waals surface area (Å²) < 4.78 is 29.4. The quantitative estimate of drug-likeness (QED) is 0.397. The van der Waals surface area contributed by atoms with Gasteiger partial charge in [0, 0.05) is 5.38 Å². The molecule has 0 aliphatic rings. The number of nitrogens with zero attached hydrogens (tertiary/aromatic N) is 1. The Balaban J connectivity index is 1.80. The van der Waals surface area contributed by atoms with Crippen LogP contribution in [0.4, 0.5) is 0 Å². The molecule has 2 heterocycles. The number of nitrogen functional groups attached to an aromatic ring is 1. The number of benzene rings is 1. The first-order chi connectivity index (χ1) is 11.3. The van der Waals surface area contributed by atoms with E-state index in [9.17, 15) is 13.2 Å². The van der Waals surface area contributed by atoms with Crippen molar-refractivity contribution < 1.29 is 17.4 Å². The van der Waals surface area contributed by atoms with Gasteiger partial charge in [0.2, 0.25) is 0 Å². The molecule has 0 bridgehead atoms. The van der Waals surface area contributed by atoms with Gasteiger partial charge < -0.3 is 9.92 Å². The summed E-state index contributed by atoms with van der Waals surface area (Å²) >= 11 is 2.47. The maximum atomic E-state index is 12.0. The Hall–Kier alpha value is -2.30. The summed E-state index contributed by atoms with van der Waals surface area (Å²) in [5.74, 6) is -1.48. The van der Waals surface area contributed by atoms with Crippen molar-refractivity contribution in [2.45, 2.75) is 5.75 Å². The van der Waals surface area contributed by atoms with Gasteiger partial charge in [-0.2, -0.15) is 19.8 Å². The van der Waals surface area contributed by atoms with Gasteiger partial charge in [0.1, 0.15) is 5.75 Å². The lowest BCUT2D eigenvalue weighted by atomic mass is 10.2. The number of hydrogen-bond acceptors (Lipinski definition) is 8. The fourth-order valence-corrected chi connectivity index (χ4v) is 4.44. The minimum absolute atomic E-state index is 0.143. The zero-order valence-electron chi connectivity index (χ0n) is 12.1. The lowest BCUT2D eigenvalue weighted by Gasteiger charge is -2.05. The molecule has 0 fully saturated rings. The number of aromatic nitrogens is 1. The van der Waals surface area contributed by atoms with Gasteiger partial charge in [0.25, 0.3) is 0 Å². The van der Waals surface area contributed by atoms with Crippen molar-refractivity contribution >= 4 is 54.8 Å². The number of hydrogen-bond donors (Lipinski definition) is 2. The second-order valence-electron chi connectivity index (χ2n) is 4.82. The molecule has 2 aromatic heterocycles. The van der Waals surface area contributed by atoms with Crippen LogP contribution >= 0.6 is 22.7 Å². The number of thiazole rings is 1. The maximum absolute atomic E-state index is 12.0. The van der Waals surface area contributed by atoms with Crippen LogP contribution in [-0.4, -0.2) is 25.2 Å². The van der Waals surface area contributed by atoms with Gasteiger partial charge in [-0.05, 0) is 29.1 Å². The predicted octanol–water partition coefficient (Wildman–Crippen LogP) is 2.33. The standard InChI is InChI=1S/C14H11N3O4S3/c15-12(16)13-17-10-2-1-8(5-11(10)23-13)7-24(19,20)21-14(18)9-3-4-22-6-9/h1-6H,7H2,(H3,15,16). The lowest BCUT2D eigenvalue weighted by molar-refractivity contribution is 0.0747. The number of carbonyl (C=O) groups is 1. The van der Waals surface area contributed by atoms with Gasteiger partial charge in [-0.1, -0.05) is 6.07 Å². The van der Waals surface area contributed by atoms with Crippen molar-refractivity contribution in [2.75, 3.05) is 0 Å². The Morgan fingerprint density at radius 2 is 2.12 bits per heavy atom. The van der Waals surface area contributed by atoms with E-state index in [0.29, 0.717) is 20.8 Å². The van der Waals surface area contributed by atoms with E-state index in [1.165, 1.54) is 34.1 Å². The highest BCUT2D eigenvalue weighted by molar-refractivity contribution is 7.86. The van der Waals surface area contributed by atoms with Crippen LogP contribution in [0.25, 0.3) is 10.2 Å². The number of nitrogens with two attached hydrogens (primary N) is 1. The van der Waals surface area contributed by atoms with Crippen molar-refractivity contribution in [3.63, 3.8) is 0 Å². The molecule has 24 heavy (non-hydrogen) atoms. The van der Waals surface area contributed by atoms with Crippen molar-refractivity contribution in [1.82, 2.24) is 4.98 Å². The SMILES string of the molecule is N=C(N)c1nc2ccc(CS(=O)(=O)OC(=O)c3ccsc3)cc2s1. The molecule has 0 atom stereocenters. The van der Waals surface area contributed by atoms with Crippen LogP contribution < -0.4 is 5.73 Å². The number of fused-ring (bicyclic) bond motifs is 1. The minimum atomic E-state index is -4.07. The second kappa shape index (κ2) is 6.30. The zero-order valence-corrected chi connectivity index (χ0v) is 14.5. The largest absolute Gasteiger partial charge is 0.382 e. The minimum Gasteiger partial charge on any atom is -0.382 e. The molecule has 3 rings (SSSR count). The fraction of sp³-hybridized carbons (Fsp3) is 0.0714. The third-order valence-electron chi connectivity index (χ3n) is 2.99. The van der Waals surface area contributed by atoms with Crippen LogP contribution in [0.2, 0.25) is 0 Å². The number of thiophene rings is 1. The molecule has 0 unspecified atom stereocenters. The molecule has 0 saturated heterocycles. The highest BCUT2D eigenvalue weighted by Gasteiger charge is 2.20. The van der Waals surface area contributed by atoms with Gasteiger partial charge in [-0.3, -0.25) is 5.41 Å². The third-order valence-corrected chi connectivity index (χ3v) is 5.81. The van der Waals surface area contributed by atoms with E-state index in [0.717, 1.165) is 0 Å². The molecule has 124 valence electrons. The molecule has 0 aliphatic heterocycles. The summed E-state index contributed by atoms with van der Waals surface area (Å²) in [6.45, 7) is 0. The third kappa shape index (κ3) is 3.61. The number of rotatable bonds is 5. The van der Waals surface area contributed by atoms with Crippen LogP contribution in [0.1, 0.15) is 20.9 Å². The summed E-state index contributed by atoms with van der Waals surface area (Å²) in [6, 6.07) is 6.36. The molecular formula is C14H11N3O4S3. The maximum Gasteiger partial charge on any atom is 0.354 e. The lowest BCUT2D eigenvalue weighted by Crippen LogP contribution is -2.14. The molecule has 0 aliphatic carbocycles. The molecule has 10 heteroatoms. The first-order valence-electron chi connectivity index (χ1n) is 6.56. The summed E-state index contributed by atoms with van der Waals surface area (Å²) in [7, 11) is -4.07. The van der Waals surface area contributed by atoms with Crippen molar-refractivity contribution in [2.24, 2.45) is 5.73 Å². The first kappa shape index (κ1) is 16.6. The number of nitrogens with one attached hydrogen (secondary N) is 1. The Kier molecular flexibility index (Phi) is 4.35. The van der Waals surface area contributed by atoms with Crippen molar-refractivity contribution in [3.8, 4) is 0 Å². The number of carbonyl (C=O) groups excluding carboxylic acids is 1. The highest BCUT2D eigenvalue weighted by Crippen LogP contribution is 2.24. The van der Waals surface area contributed by atoms with Crippen molar-refractivity contribution in [3.05, 3.63) is 51.2 Å². The zero-order chi connectivity index (χ0) is 17.3. The molecule has 0 saturated carbocycles.